The van der Waals surface area contributed by atoms with E-state index in [1.165, 1.54) is 16.6 Å². The lowest BCUT2D eigenvalue weighted by Gasteiger charge is -2.38. The molecule has 3 aromatic heterocycles. The maximum atomic E-state index is 15.2. The van der Waals surface area contributed by atoms with E-state index < -0.39 is 17.2 Å². The van der Waals surface area contributed by atoms with E-state index in [9.17, 15) is 5.11 Å². The van der Waals surface area contributed by atoms with E-state index in [2.05, 4.69) is 27.3 Å². The Morgan fingerprint density at radius 3 is 2.56 bits per heavy atom. The molecule has 0 amide bonds. The van der Waals surface area contributed by atoms with Crippen LogP contribution in [-0.4, -0.2) is 43.9 Å². The minimum Gasteiger partial charge on any atom is -0.385 e. The van der Waals surface area contributed by atoms with Crippen LogP contribution in [0.1, 0.15) is 56.1 Å². The third-order valence-corrected chi connectivity index (χ3v) is 8.41. The fourth-order valence-electron chi connectivity index (χ4n) is 6.20. The monoisotopic (exact) mass is 534 g/mol. The number of hydrogen-bond acceptors (Lipinski definition) is 7. The van der Waals surface area contributed by atoms with Crippen LogP contribution in [0.5, 0.6) is 0 Å². The van der Waals surface area contributed by atoms with Gasteiger partial charge < -0.3 is 20.9 Å². The fourth-order valence-corrected chi connectivity index (χ4v) is 6.20. The van der Waals surface area contributed by atoms with E-state index in [0.29, 0.717) is 30.2 Å². The van der Waals surface area contributed by atoms with Gasteiger partial charge in [0.05, 0.1) is 46.6 Å². The summed E-state index contributed by atoms with van der Waals surface area (Å²) in [5, 5.41) is 18.4. The van der Waals surface area contributed by atoms with Crippen LogP contribution in [0.25, 0.3) is 16.8 Å². The van der Waals surface area contributed by atoms with Gasteiger partial charge in [0.15, 0.2) is 0 Å². The number of pyridine rings is 1. The van der Waals surface area contributed by atoms with Gasteiger partial charge in [0.25, 0.3) is 0 Å². The highest BCUT2D eigenvalue weighted by molar-refractivity contribution is 5.66. The van der Waals surface area contributed by atoms with E-state index in [4.69, 9.17) is 10.5 Å². The molecule has 0 aliphatic heterocycles. The molecule has 8 nitrogen and oxygen atoms in total. The van der Waals surface area contributed by atoms with Crippen molar-refractivity contribution < 1.29 is 18.6 Å². The second-order valence-electron chi connectivity index (χ2n) is 10.9. The summed E-state index contributed by atoms with van der Waals surface area (Å²) in [4.78, 5) is 8.78. The van der Waals surface area contributed by atoms with Crippen LogP contribution in [-0.2, 0) is 10.3 Å². The lowest BCUT2D eigenvalue weighted by Crippen LogP contribution is -2.45. The molecule has 2 aliphatic carbocycles. The first kappa shape index (κ1) is 25.8. The average molecular weight is 535 g/mol. The van der Waals surface area contributed by atoms with Crippen molar-refractivity contribution in [2.24, 2.45) is 11.7 Å². The van der Waals surface area contributed by atoms with Crippen molar-refractivity contribution >= 4 is 17.2 Å². The second kappa shape index (κ2) is 9.93. The van der Waals surface area contributed by atoms with Crippen LogP contribution in [0.2, 0.25) is 0 Å². The first-order valence-corrected chi connectivity index (χ1v) is 13.3. The summed E-state index contributed by atoms with van der Waals surface area (Å²) >= 11 is 0. The minimum atomic E-state index is -1.16. The summed E-state index contributed by atoms with van der Waals surface area (Å²) in [5.74, 6) is -0.640. The summed E-state index contributed by atoms with van der Waals surface area (Å²) in [7, 11) is 1.70. The summed E-state index contributed by atoms with van der Waals surface area (Å²) in [6.07, 6.45) is 8.66. The first-order chi connectivity index (χ1) is 18.8. The van der Waals surface area contributed by atoms with Crippen LogP contribution in [0.4, 0.5) is 20.4 Å². The number of rotatable bonds is 6. The summed E-state index contributed by atoms with van der Waals surface area (Å²) in [6.45, 7) is 2.15. The number of nitrogens with one attached hydrogen (secondary N) is 1. The Balaban J connectivity index is 1.32. The molecule has 1 aromatic carbocycles. The molecule has 4 N–H and O–H groups in total. The van der Waals surface area contributed by atoms with E-state index in [0.717, 1.165) is 30.5 Å². The topological polar surface area (TPSA) is 111 Å². The van der Waals surface area contributed by atoms with Crippen molar-refractivity contribution in [1.82, 2.24) is 19.6 Å². The number of ether oxygens (including phenoxy) is 1. The van der Waals surface area contributed by atoms with Crippen LogP contribution >= 0.6 is 0 Å². The van der Waals surface area contributed by atoms with Crippen LogP contribution in [0.15, 0.2) is 48.9 Å². The number of benzene rings is 1. The molecule has 4 atom stereocenters. The van der Waals surface area contributed by atoms with E-state index in [1.54, 1.807) is 37.8 Å². The van der Waals surface area contributed by atoms with Gasteiger partial charge in [-0.1, -0.05) is 6.92 Å². The number of aliphatic hydroxyl groups is 1. The molecule has 2 saturated carbocycles. The van der Waals surface area contributed by atoms with Crippen LogP contribution < -0.4 is 11.1 Å². The molecule has 0 saturated heterocycles. The highest BCUT2D eigenvalue weighted by Gasteiger charge is 2.38. The van der Waals surface area contributed by atoms with Crippen molar-refractivity contribution in [3.63, 3.8) is 0 Å². The van der Waals surface area contributed by atoms with Crippen molar-refractivity contribution in [3.8, 4) is 11.3 Å². The maximum Gasteiger partial charge on any atom is 0.229 e. The lowest BCUT2D eigenvalue weighted by molar-refractivity contribution is -0.0392. The Kier molecular flexibility index (Phi) is 6.57. The lowest BCUT2D eigenvalue weighted by atomic mass is 9.74. The largest absolute Gasteiger partial charge is 0.385 e. The van der Waals surface area contributed by atoms with Gasteiger partial charge in [-0.05, 0) is 85.4 Å². The smallest absolute Gasteiger partial charge is 0.229 e. The Labute approximate surface area is 225 Å². The number of halogens is 2. The minimum absolute atomic E-state index is 0.0184. The summed E-state index contributed by atoms with van der Waals surface area (Å²) in [6, 6.07) is 7.60. The zero-order valence-corrected chi connectivity index (χ0v) is 21.9. The molecule has 6 rings (SSSR count). The molecule has 39 heavy (non-hydrogen) atoms. The van der Waals surface area contributed by atoms with Gasteiger partial charge >= 0.3 is 0 Å². The Morgan fingerprint density at radius 1 is 1.13 bits per heavy atom. The van der Waals surface area contributed by atoms with Gasteiger partial charge in [-0.15, -0.1) is 0 Å². The number of nitrogens with zero attached hydrogens (tertiary/aromatic N) is 4. The third-order valence-electron chi connectivity index (χ3n) is 8.41. The molecule has 0 bridgehead atoms. The summed E-state index contributed by atoms with van der Waals surface area (Å²) < 4.78 is 37.5. The molecule has 2 fully saturated rings. The van der Waals surface area contributed by atoms with Gasteiger partial charge in [-0.25, -0.2) is 13.8 Å². The molecule has 3 heterocycles. The van der Waals surface area contributed by atoms with Crippen molar-refractivity contribution in [2.45, 2.75) is 62.7 Å². The van der Waals surface area contributed by atoms with E-state index >= 15 is 8.78 Å². The number of hydrogen-bond donors (Lipinski definition) is 3. The Bertz CT molecular complexity index is 1490. The van der Waals surface area contributed by atoms with E-state index in [-0.39, 0.29) is 34.9 Å². The van der Waals surface area contributed by atoms with E-state index in [1.807, 2.05) is 6.07 Å². The van der Waals surface area contributed by atoms with Crippen LogP contribution in [0.3, 0.4) is 0 Å². The van der Waals surface area contributed by atoms with Gasteiger partial charge in [0.1, 0.15) is 11.6 Å². The molecule has 204 valence electrons. The Hall–Kier alpha value is -3.47. The molecular weight excluding hydrogens is 502 g/mol. The molecule has 10 heteroatoms. The van der Waals surface area contributed by atoms with Gasteiger partial charge in [-0.3, -0.25) is 4.98 Å². The predicted octanol–water partition coefficient (Wildman–Crippen LogP) is 5.04. The normalized spacial score (nSPS) is 24.5. The van der Waals surface area contributed by atoms with Gasteiger partial charge in [0, 0.05) is 19.3 Å². The predicted molar refractivity (Wildman–Crippen MR) is 144 cm³/mol. The van der Waals surface area contributed by atoms with Gasteiger partial charge in [-0.2, -0.15) is 9.61 Å². The average Bonchev–Trinajstić information content (AvgIpc) is 3.29. The number of anilines is 2. The molecule has 0 unspecified atom stereocenters. The third kappa shape index (κ3) is 4.56. The zero-order valence-electron chi connectivity index (χ0n) is 21.9. The van der Waals surface area contributed by atoms with Crippen molar-refractivity contribution in [1.29, 1.82) is 0 Å². The van der Waals surface area contributed by atoms with Crippen molar-refractivity contribution in [3.05, 3.63) is 71.7 Å². The quantitative estimate of drug-likeness (QED) is 0.318. The zero-order chi connectivity index (χ0) is 27.3. The van der Waals surface area contributed by atoms with Gasteiger partial charge in [0.2, 0.25) is 5.95 Å². The number of methoxy groups -OCH3 is 1. The molecule has 2 aliphatic rings. The molecule has 0 spiro atoms. The standard InChI is InChI=1S/C29H32F2N6O2/c1-16-10-17(11-23(32)27(16)39-2)20-6-9-33-15-25(20)35-28-34-14-19-4-5-24(36-37(19)28)26-21(30)12-18(13-22(26)31)29(38)7-3-8-29/h4-6,9,12-17,23,27,38H,3,7-8,10-11,32H2,1-2H3,(H,34,35)/t16-,17+,23+,27-/m0/s1. The maximum absolute atomic E-state index is 15.2. The Morgan fingerprint density at radius 2 is 1.90 bits per heavy atom. The number of nitrogens with two attached hydrogens (primary N) is 1. The fraction of sp³-hybridized carbons (Fsp3) is 0.414. The molecule has 4 aromatic rings. The highest BCUT2D eigenvalue weighted by atomic mass is 19.1. The highest BCUT2D eigenvalue weighted by Crippen LogP contribution is 2.43. The van der Waals surface area contributed by atoms with Crippen LogP contribution in [0, 0.1) is 17.6 Å². The number of imidazole rings is 1. The number of aromatic nitrogens is 4. The summed E-state index contributed by atoms with van der Waals surface area (Å²) in [5.41, 5.74) is 7.91. The first-order valence-electron chi connectivity index (χ1n) is 13.3. The SMILES string of the molecule is CO[C@@H]1[C@H](N)C[C@H](c2ccncc2Nc2ncc3ccc(-c4c(F)cc(C5(O)CCC5)cc4F)nn23)C[C@@H]1C. The van der Waals surface area contributed by atoms with Crippen molar-refractivity contribution in [2.75, 3.05) is 12.4 Å². The molecule has 0 radical (unpaired) electrons. The number of fused-ring (bicyclic) bond motifs is 1. The molecular formula is C29H32F2N6O2. The second-order valence-corrected chi connectivity index (χ2v) is 10.9.